The van der Waals surface area contributed by atoms with Gasteiger partial charge in [-0.05, 0) is 41.7 Å². The van der Waals surface area contributed by atoms with Gasteiger partial charge in [0, 0.05) is 6.07 Å². The Bertz CT molecular complexity index is 955. The van der Waals surface area contributed by atoms with Crippen molar-refractivity contribution in [2.75, 3.05) is 4.90 Å². The number of imide groups is 1. The quantitative estimate of drug-likeness (QED) is 0.815. The first kappa shape index (κ1) is 19.4. The van der Waals surface area contributed by atoms with Gasteiger partial charge in [-0.1, -0.05) is 27.7 Å². The molecule has 1 atom stereocenters. The molecule has 0 spiro atoms. The van der Waals surface area contributed by atoms with Gasteiger partial charge in [0.25, 0.3) is 5.91 Å². The molecule has 0 radical (unpaired) electrons. The molecule has 1 N–H and O–H groups in total. The number of anilines is 1. The summed E-state index contributed by atoms with van der Waals surface area (Å²) in [4.78, 5) is 29.6. The largest absolute Gasteiger partial charge is 0.439 e. The summed E-state index contributed by atoms with van der Waals surface area (Å²) in [6.45, 7) is 7.93. The fourth-order valence-corrected chi connectivity index (χ4v) is 3.04. The Morgan fingerprint density at radius 1 is 1.25 bits per heavy atom. The molecule has 1 saturated heterocycles. The Labute approximate surface area is 163 Å². The highest BCUT2D eigenvalue weighted by molar-refractivity contribution is 6.21. The van der Waals surface area contributed by atoms with Gasteiger partial charge in [0.15, 0.2) is 0 Å². The van der Waals surface area contributed by atoms with Crippen LogP contribution < -0.4 is 15.0 Å². The van der Waals surface area contributed by atoms with Gasteiger partial charge in [0.05, 0.1) is 23.5 Å². The van der Waals surface area contributed by atoms with Crippen molar-refractivity contribution in [2.24, 2.45) is 0 Å². The third-order valence-electron chi connectivity index (χ3n) is 4.55. The molecule has 1 aliphatic rings. The maximum Gasteiger partial charge on any atom is 0.329 e. The van der Waals surface area contributed by atoms with E-state index >= 15 is 0 Å². The molecule has 0 aliphatic carbocycles. The number of aromatic nitrogens is 1. The molecule has 0 unspecified atom stereocenters. The summed E-state index contributed by atoms with van der Waals surface area (Å²) in [6.07, 6.45) is 1.96. The molecule has 1 fully saturated rings. The summed E-state index contributed by atoms with van der Waals surface area (Å²) < 4.78 is 5.80. The van der Waals surface area contributed by atoms with Crippen molar-refractivity contribution in [1.82, 2.24) is 10.3 Å². The Morgan fingerprint density at radius 2 is 2.00 bits per heavy atom. The van der Waals surface area contributed by atoms with Crippen LogP contribution in [0.25, 0.3) is 0 Å². The smallest absolute Gasteiger partial charge is 0.329 e. The number of nitrogens with one attached hydrogen (secondary N) is 1. The van der Waals surface area contributed by atoms with E-state index in [0.717, 1.165) is 10.5 Å². The second kappa shape index (κ2) is 7.31. The topological polar surface area (TPSA) is 95.3 Å². The van der Waals surface area contributed by atoms with Crippen molar-refractivity contribution in [3.8, 4) is 17.7 Å². The van der Waals surface area contributed by atoms with E-state index in [4.69, 9.17) is 4.74 Å². The summed E-state index contributed by atoms with van der Waals surface area (Å²) in [6, 6.07) is 9.74. The highest BCUT2D eigenvalue weighted by Crippen LogP contribution is 2.31. The van der Waals surface area contributed by atoms with Gasteiger partial charge in [0.2, 0.25) is 5.88 Å². The lowest BCUT2D eigenvalue weighted by molar-refractivity contribution is -0.118. The van der Waals surface area contributed by atoms with Crippen LogP contribution in [0.5, 0.6) is 11.6 Å². The van der Waals surface area contributed by atoms with E-state index in [0.29, 0.717) is 29.3 Å². The molecule has 144 valence electrons. The molecule has 3 rings (SSSR count). The number of pyridine rings is 1. The van der Waals surface area contributed by atoms with Gasteiger partial charge in [0.1, 0.15) is 11.8 Å². The van der Waals surface area contributed by atoms with Gasteiger partial charge in [-0.3, -0.25) is 4.79 Å². The number of carbonyl (C=O) groups excluding carboxylic acids is 2. The predicted molar refractivity (Wildman–Crippen MR) is 104 cm³/mol. The Hall–Kier alpha value is -3.40. The number of carbonyl (C=O) groups is 2. The molecular formula is C21H22N4O3. The molecule has 3 amide bonds. The molecule has 2 aromatic rings. The molecule has 1 aromatic heterocycles. The van der Waals surface area contributed by atoms with Crippen LogP contribution in [0.2, 0.25) is 0 Å². The fraction of sp³-hybridized carbons (Fsp3) is 0.333. The first-order valence-corrected chi connectivity index (χ1v) is 9.07. The summed E-state index contributed by atoms with van der Waals surface area (Å²) in [5.41, 5.74) is 1.67. The molecule has 7 heteroatoms. The maximum absolute atomic E-state index is 12.3. The molecule has 0 saturated carbocycles. The number of hydrogen-bond acceptors (Lipinski definition) is 5. The number of rotatable bonds is 4. The Morgan fingerprint density at radius 3 is 2.54 bits per heavy atom. The third-order valence-corrected chi connectivity index (χ3v) is 4.55. The van der Waals surface area contributed by atoms with Crippen molar-refractivity contribution in [1.29, 1.82) is 5.26 Å². The third kappa shape index (κ3) is 3.67. The van der Waals surface area contributed by atoms with E-state index < -0.39 is 12.1 Å². The van der Waals surface area contributed by atoms with Crippen molar-refractivity contribution < 1.29 is 14.3 Å². The van der Waals surface area contributed by atoms with Gasteiger partial charge >= 0.3 is 6.03 Å². The summed E-state index contributed by atoms with van der Waals surface area (Å²) >= 11 is 0. The first-order valence-electron chi connectivity index (χ1n) is 9.07. The summed E-state index contributed by atoms with van der Waals surface area (Å²) in [5.74, 6) is 0.600. The number of benzene rings is 1. The highest BCUT2D eigenvalue weighted by atomic mass is 16.5. The van der Waals surface area contributed by atoms with Gasteiger partial charge in [-0.25, -0.2) is 14.7 Å². The molecule has 1 aromatic carbocycles. The number of urea groups is 1. The van der Waals surface area contributed by atoms with Gasteiger partial charge < -0.3 is 10.1 Å². The van der Waals surface area contributed by atoms with Crippen LogP contribution in [0.4, 0.5) is 10.5 Å². The van der Waals surface area contributed by atoms with E-state index in [9.17, 15) is 14.9 Å². The lowest BCUT2D eigenvalue weighted by Gasteiger charge is -2.21. The highest BCUT2D eigenvalue weighted by Gasteiger charge is 2.38. The van der Waals surface area contributed by atoms with Crippen molar-refractivity contribution in [3.05, 3.63) is 47.7 Å². The Balaban J connectivity index is 1.81. The van der Waals surface area contributed by atoms with Crippen LogP contribution in [0.1, 0.15) is 45.2 Å². The number of ether oxygens (including phenoxy) is 1. The maximum atomic E-state index is 12.3. The fourth-order valence-electron chi connectivity index (χ4n) is 3.04. The second-order valence-electron chi connectivity index (χ2n) is 7.61. The van der Waals surface area contributed by atoms with Crippen LogP contribution in [-0.4, -0.2) is 23.0 Å². The van der Waals surface area contributed by atoms with E-state index in [1.165, 1.54) is 6.20 Å². The Kier molecular flexibility index (Phi) is 5.06. The standard InChI is InChI=1S/C21H22N4O3/c1-5-17-19(26)25(20(27)24-17)14-7-9-18(23-12-14)28-15-8-6-13(11-22)16(10-15)21(2,3)4/h6-10,12,17H,5H2,1-4H3,(H,24,27)/t17-/m1/s1. The second-order valence-corrected chi connectivity index (χ2v) is 7.61. The van der Waals surface area contributed by atoms with E-state index in [2.05, 4.69) is 16.4 Å². The van der Waals surface area contributed by atoms with E-state index in [1.54, 1.807) is 24.3 Å². The average molecular weight is 378 g/mol. The molecule has 2 heterocycles. The molecule has 1 aliphatic heterocycles. The van der Waals surface area contributed by atoms with Crippen LogP contribution >= 0.6 is 0 Å². The minimum Gasteiger partial charge on any atom is -0.439 e. The first-order chi connectivity index (χ1) is 13.2. The zero-order chi connectivity index (χ0) is 20.5. The molecular weight excluding hydrogens is 356 g/mol. The summed E-state index contributed by atoms with van der Waals surface area (Å²) in [7, 11) is 0. The van der Waals surface area contributed by atoms with Gasteiger partial charge in [-0.2, -0.15) is 5.26 Å². The van der Waals surface area contributed by atoms with Crippen LogP contribution in [0, 0.1) is 11.3 Å². The number of amides is 3. The minimum atomic E-state index is -0.502. The normalized spacial score (nSPS) is 16.7. The molecule has 7 nitrogen and oxygen atoms in total. The SMILES string of the molecule is CC[C@H]1NC(=O)N(c2ccc(Oc3ccc(C#N)c(C(C)(C)C)c3)nc2)C1=O. The number of nitrogens with zero attached hydrogens (tertiary/aromatic N) is 3. The average Bonchev–Trinajstić information content (AvgIpc) is 2.95. The zero-order valence-electron chi connectivity index (χ0n) is 16.3. The molecule has 28 heavy (non-hydrogen) atoms. The predicted octanol–water partition coefficient (Wildman–Crippen LogP) is 3.88. The summed E-state index contributed by atoms with van der Waals surface area (Å²) in [5, 5.41) is 11.9. The number of hydrogen-bond donors (Lipinski definition) is 1. The lowest BCUT2D eigenvalue weighted by Crippen LogP contribution is -2.31. The van der Waals surface area contributed by atoms with Crippen LogP contribution in [0.15, 0.2) is 36.5 Å². The van der Waals surface area contributed by atoms with Crippen molar-refractivity contribution in [3.63, 3.8) is 0 Å². The number of nitriles is 1. The van der Waals surface area contributed by atoms with Crippen molar-refractivity contribution in [2.45, 2.75) is 45.6 Å². The minimum absolute atomic E-state index is 0.207. The van der Waals surface area contributed by atoms with Crippen LogP contribution in [0.3, 0.4) is 0 Å². The zero-order valence-corrected chi connectivity index (χ0v) is 16.3. The van der Waals surface area contributed by atoms with Crippen LogP contribution in [-0.2, 0) is 10.2 Å². The lowest BCUT2D eigenvalue weighted by atomic mass is 9.84. The van der Waals surface area contributed by atoms with E-state index in [-0.39, 0.29) is 11.3 Å². The van der Waals surface area contributed by atoms with Gasteiger partial charge in [-0.15, -0.1) is 0 Å². The molecule has 0 bridgehead atoms. The monoisotopic (exact) mass is 378 g/mol. The van der Waals surface area contributed by atoms with Crippen molar-refractivity contribution >= 4 is 17.6 Å². The van der Waals surface area contributed by atoms with E-state index in [1.807, 2.05) is 33.8 Å².